The predicted octanol–water partition coefficient (Wildman–Crippen LogP) is 3.42. The van der Waals surface area contributed by atoms with Crippen molar-refractivity contribution in [3.8, 4) is 11.8 Å². The minimum Gasteiger partial charge on any atom is -0.340 e. The van der Waals surface area contributed by atoms with Crippen LogP contribution in [0, 0.1) is 11.8 Å². The van der Waals surface area contributed by atoms with Gasteiger partial charge in [-0.3, -0.25) is 4.90 Å². The lowest BCUT2D eigenvalue weighted by Crippen LogP contribution is -2.29. The van der Waals surface area contributed by atoms with Crippen molar-refractivity contribution in [2.75, 3.05) is 13.1 Å². The van der Waals surface area contributed by atoms with Crippen molar-refractivity contribution < 1.29 is 0 Å². The third kappa shape index (κ3) is 3.30. The van der Waals surface area contributed by atoms with Gasteiger partial charge >= 0.3 is 0 Å². The molecule has 0 bridgehead atoms. The van der Waals surface area contributed by atoms with Crippen LogP contribution in [0.4, 0.5) is 0 Å². The standard InChI is InChI=1S/C17H24N2/c1-4-9-15-13-16(18(3)17(15)10-5-2)14-19-11-7-6-8-12-19/h4,9,13H,6-8,11-12,14H2,1-3H3. The Morgan fingerprint density at radius 1 is 1.26 bits per heavy atom. The number of aromatic nitrogens is 1. The smallest absolute Gasteiger partial charge is 0.0992 e. The van der Waals surface area contributed by atoms with Gasteiger partial charge in [0.15, 0.2) is 0 Å². The van der Waals surface area contributed by atoms with Crippen molar-refractivity contribution in [3.63, 3.8) is 0 Å². The molecule has 1 aliphatic heterocycles. The first-order valence-corrected chi connectivity index (χ1v) is 7.22. The Labute approximate surface area is 117 Å². The molecule has 1 aromatic heterocycles. The van der Waals surface area contributed by atoms with Crippen LogP contribution in [0.5, 0.6) is 0 Å². The molecular formula is C17H24N2. The summed E-state index contributed by atoms with van der Waals surface area (Å²) in [7, 11) is 2.13. The van der Waals surface area contributed by atoms with Gasteiger partial charge in [0.05, 0.1) is 5.69 Å². The molecular weight excluding hydrogens is 232 g/mol. The lowest BCUT2D eigenvalue weighted by Gasteiger charge is -2.26. The van der Waals surface area contributed by atoms with E-state index in [-0.39, 0.29) is 0 Å². The van der Waals surface area contributed by atoms with Gasteiger partial charge in [0.1, 0.15) is 0 Å². The average Bonchev–Trinajstić information content (AvgIpc) is 2.70. The highest BCUT2D eigenvalue weighted by molar-refractivity contribution is 5.58. The largest absolute Gasteiger partial charge is 0.340 e. The molecule has 0 amide bonds. The zero-order valence-electron chi connectivity index (χ0n) is 12.4. The lowest BCUT2D eigenvalue weighted by atomic mass is 10.1. The molecule has 1 fully saturated rings. The Bertz CT molecular complexity index is 505. The molecule has 102 valence electrons. The minimum absolute atomic E-state index is 1.05. The van der Waals surface area contributed by atoms with Crippen molar-refractivity contribution in [3.05, 3.63) is 29.1 Å². The van der Waals surface area contributed by atoms with Crippen LogP contribution in [0.2, 0.25) is 0 Å². The van der Waals surface area contributed by atoms with Gasteiger partial charge in [-0.05, 0) is 51.8 Å². The fraction of sp³-hybridized carbons (Fsp3) is 0.529. The summed E-state index contributed by atoms with van der Waals surface area (Å²) in [4.78, 5) is 2.56. The molecule has 1 saturated heterocycles. The van der Waals surface area contributed by atoms with Crippen LogP contribution < -0.4 is 0 Å². The van der Waals surface area contributed by atoms with E-state index >= 15 is 0 Å². The molecule has 2 heteroatoms. The van der Waals surface area contributed by atoms with Gasteiger partial charge in [-0.15, -0.1) is 0 Å². The summed E-state index contributed by atoms with van der Waals surface area (Å²) >= 11 is 0. The maximum atomic E-state index is 3.23. The van der Waals surface area contributed by atoms with Crippen LogP contribution in [0.25, 0.3) is 6.08 Å². The van der Waals surface area contributed by atoms with Crippen molar-refractivity contribution in [2.24, 2.45) is 7.05 Å². The topological polar surface area (TPSA) is 8.17 Å². The molecule has 1 aliphatic rings. The third-order valence-corrected chi connectivity index (χ3v) is 3.79. The van der Waals surface area contributed by atoms with E-state index in [4.69, 9.17) is 0 Å². The summed E-state index contributed by atoms with van der Waals surface area (Å²) in [5, 5.41) is 0. The monoisotopic (exact) mass is 256 g/mol. The number of hydrogen-bond donors (Lipinski definition) is 0. The summed E-state index contributed by atoms with van der Waals surface area (Å²) in [5.41, 5.74) is 3.74. The van der Waals surface area contributed by atoms with E-state index in [2.05, 4.69) is 53.5 Å². The molecule has 0 radical (unpaired) electrons. The maximum absolute atomic E-state index is 3.23. The fourth-order valence-corrected chi connectivity index (χ4v) is 2.76. The van der Waals surface area contributed by atoms with Crippen LogP contribution in [0.15, 0.2) is 12.1 Å². The van der Waals surface area contributed by atoms with E-state index in [1.165, 1.54) is 43.6 Å². The first kappa shape index (κ1) is 14.0. The number of nitrogens with zero attached hydrogens (tertiary/aromatic N) is 2. The van der Waals surface area contributed by atoms with E-state index in [0.29, 0.717) is 0 Å². The van der Waals surface area contributed by atoms with Gasteiger partial charge in [0.2, 0.25) is 0 Å². The molecule has 0 saturated carbocycles. The lowest BCUT2D eigenvalue weighted by molar-refractivity contribution is 0.216. The van der Waals surface area contributed by atoms with E-state index in [0.717, 1.165) is 12.2 Å². The van der Waals surface area contributed by atoms with E-state index in [1.807, 2.05) is 6.92 Å². The Morgan fingerprint density at radius 2 is 2.00 bits per heavy atom. The highest BCUT2D eigenvalue weighted by atomic mass is 15.1. The summed E-state index contributed by atoms with van der Waals surface area (Å²) in [6.45, 7) is 7.47. The summed E-state index contributed by atoms with van der Waals surface area (Å²) < 4.78 is 2.25. The van der Waals surface area contributed by atoms with Crippen molar-refractivity contribution in [1.29, 1.82) is 0 Å². The molecule has 2 rings (SSSR count). The zero-order chi connectivity index (χ0) is 13.7. The van der Waals surface area contributed by atoms with Crippen molar-refractivity contribution in [1.82, 2.24) is 9.47 Å². The SMILES string of the molecule is CC#Cc1c(C=CC)cc(CN2CCCCC2)n1C. The molecule has 0 atom stereocenters. The van der Waals surface area contributed by atoms with Crippen LogP contribution in [-0.4, -0.2) is 22.6 Å². The number of allylic oxidation sites excluding steroid dienone is 1. The van der Waals surface area contributed by atoms with Crippen LogP contribution in [-0.2, 0) is 13.6 Å². The second-order valence-corrected chi connectivity index (χ2v) is 5.21. The van der Waals surface area contributed by atoms with E-state index < -0.39 is 0 Å². The minimum atomic E-state index is 1.05. The van der Waals surface area contributed by atoms with Gasteiger partial charge in [0.25, 0.3) is 0 Å². The molecule has 0 aliphatic carbocycles. The molecule has 2 nitrogen and oxygen atoms in total. The Hall–Kier alpha value is -1.46. The van der Waals surface area contributed by atoms with Gasteiger partial charge in [0, 0.05) is 24.8 Å². The van der Waals surface area contributed by atoms with Crippen LogP contribution >= 0.6 is 0 Å². The molecule has 1 aromatic rings. The number of rotatable bonds is 3. The average molecular weight is 256 g/mol. The second kappa shape index (κ2) is 6.63. The first-order chi connectivity index (χ1) is 9.26. The Morgan fingerprint density at radius 3 is 2.63 bits per heavy atom. The van der Waals surface area contributed by atoms with E-state index in [9.17, 15) is 0 Å². The maximum Gasteiger partial charge on any atom is 0.0992 e. The molecule has 0 unspecified atom stereocenters. The van der Waals surface area contributed by atoms with Gasteiger partial charge in [-0.25, -0.2) is 0 Å². The Kier molecular flexibility index (Phi) is 4.87. The summed E-state index contributed by atoms with van der Waals surface area (Å²) in [5.74, 6) is 6.25. The molecule has 0 aromatic carbocycles. The van der Waals surface area contributed by atoms with Gasteiger partial charge in [-0.1, -0.05) is 24.5 Å². The van der Waals surface area contributed by atoms with Crippen LogP contribution in [0.3, 0.4) is 0 Å². The van der Waals surface area contributed by atoms with Gasteiger partial charge in [-0.2, -0.15) is 0 Å². The number of likely N-dealkylation sites (tertiary alicyclic amines) is 1. The predicted molar refractivity (Wildman–Crippen MR) is 81.8 cm³/mol. The summed E-state index contributed by atoms with van der Waals surface area (Å²) in [6.07, 6.45) is 8.31. The quantitative estimate of drug-likeness (QED) is 0.752. The van der Waals surface area contributed by atoms with Crippen LogP contribution in [0.1, 0.15) is 50.1 Å². The fourth-order valence-electron chi connectivity index (χ4n) is 2.76. The molecule has 2 heterocycles. The van der Waals surface area contributed by atoms with E-state index in [1.54, 1.807) is 0 Å². The van der Waals surface area contributed by atoms with Gasteiger partial charge < -0.3 is 4.57 Å². The third-order valence-electron chi connectivity index (χ3n) is 3.79. The zero-order valence-corrected chi connectivity index (χ0v) is 12.4. The first-order valence-electron chi connectivity index (χ1n) is 7.22. The highest BCUT2D eigenvalue weighted by Crippen LogP contribution is 2.19. The molecule has 0 N–H and O–H groups in total. The number of piperidine rings is 1. The van der Waals surface area contributed by atoms with Crippen molar-refractivity contribution >= 4 is 6.08 Å². The molecule has 0 spiro atoms. The second-order valence-electron chi connectivity index (χ2n) is 5.21. The highest BCUT2D eigenvalue weighted by Gasteiger charge is 2.14. The Balaban J connectivity index is 2.24. The summed E-state index contributed by atoms with van der Waals surface area (Å²) in [6, 6.07) is 2.29. The normalized spacial score (nSPS) is 16.6. The van der Waals surface area contributed by atoms with Crippen molar-refractivity contribution in [2.45, 2.75) is 39.7 Å². The number of hydrogen-bond acceptors (Lipinski definition) is 1. The molecule has 19 heavy (non-hydrogen) atoms.